The van der Waals surface area contributed by atoms with E-state index in [0.29, 0.717) is 20.9 Å². The second-order valence-electron chi connectivity index (χ2n) is 7.01. The Hall–Kier alpha value is -2.63. The molecular formula is C25H20F2OS2. The topological polar surface area (TPSA) is 17.1 Å². The average Bonchev–Trinajstić information content (AvgIpc) is 3.50. The Bertz CT molecular complexity index is 962. The van der Waals surface area contributed by atoms with E-state index in [1.807, 2.05) is 12.1 Å². The van der Waals surface area contributed by atoms with Crippen LogP contribution < -0.4 is 0 Å². The van der Waals surface area contributed by atoms with Gasteiger partial charge in [-0.05, 0) is 34.0 Å². The molecule has 4 unspecified atom stereocenters. The first kappa shape index (κ1) is 20.6. The SMILES string of the molecule is O=C(C(c1ccccc1)C(F)c1cccs1)C(c1ccccc1)C(F)c1cccs1. The van der Waals surface area contributed by atoms with Gasteiger partial charge < -0.3 is 0 Å². The summed E-state index contributed by atoms with van der Waals surface area (Å²) >= 11 is 2.53. The number of thiophene rings is 2. The van der Waals surface area contributed by atoms with Gasteiger partial charge in [0.1, 0.15) is 12.3 Å². The van der Waals surface area contributed by atoms with E-state index in [4.69, 9.17) is 0 Å². The summed E-state index contributed by atoms with van der Waals surface area (Å²) in [6, 6.07) is 24.6. The van der Waals surface area contributed by atoms with E-state index >= 15 is 8.78 Å². The van der Waals surface area contributed by atoms with Crippen molar-refractivity contribution in [3.8, 4) is 0 Å². The first-order valence-corrected chi connectivity index (χ1v) is 11.4. The van der Waals surface area contributed by atoms with Gasteiger partial charge >= 0.3 is 0 Å². The molecule has 5 heteroatoms. The highest BCUT2D eigenvalue weighted by atomic mass is 32.1. The second kappa shape index (κ2) is 9.45. The summed E-state index contributed by atoms with van der Waals surface area (Å²) in [4.78, 5) is 14.8. The number of rotatable bonds is 8. The van der Waals surface area contributed by atoms with Crippen LogP contribution in [0.1, 0.15) is 45.1 Å². The Morgan fingerprint density at radius 1 is 0.600 bits per heavy atom. The quantitative estimate of drug-likeness (QED) is 0.276. The maximum absolute atomic E-state index is 15.7. The lowest BCUT2D eigenvalue weighted by Crippen LogP contribution is -2.27. The smallest absolute Gasteiger partial charge is 0.154 e. The number of benzene rings is 2. The van der Waals surface area contributed by atoms with Crippen molar-refractivity contribution >= 4 is 28.5 Å². The van der Waals surface area contributed by atoms with Crippen LogP contribution in [-0.2, 0) is 4.79 Å². The molecule has 4 atom stereocenters. The Balaban J connectivity index is 1.80. The first-order chi connectivity index (χ1) is 14.7. The van der Waals surface area contributed by atoms with Crippen LogP contribution in [0.3, 0.4) is 0 Å². The molecule has 0 spiro atoms. The van der Waals surface area contributed by atoms with Gasteiger partial charge in [-0.1, -0.05) is 72.8 Å². The Kier molecular flexibility index (Phi) is 6.50. The molecule has 0 saturated carbocycles. The summed E-state index contributed by atoms with van der Waals surface area (Å²) < 4.78 is 31.4. The molecule has 152 valence electrons. The summed E-state index contributed by atoms with van der Waals surface area (Å²) in [5.41, 5.74) is 1.12. The normalized spacial score (nSPS) is 15.3. The van der Waals surface area contributed by atoms with Gasteiger partial charge in [0.2, 0.25) is 0 Å². The maximum atomic E-state index is 15.7. The van der Waals surface area contributed by atoms with E-state index < -0.39 is 30.0 Å². The van der Waals surface area contributed by atoms with Crippen LogP contribution in [0.15, 0.2) is 95.7 Å². The largest absolute Gasteiger partial charge is 0.298 e. The van der Waals surface area contributed by atoms with Gasteiger partial charge in [0, 0.05) is 9.75 Å². The molecule has 0 aliphatic carbocycles. The molecule has 4 aromatic rings. The number of halogens is 2. The number of hydrogen-bond donors (Lipinski definition) is 0. The predicted octanol–water partition coefficient (Wildman–Crippen LogP) is 7.67. The average molecular weight is 439 g/mol. The van der Waals surface area contributed by atoms with E-state index in [2.05, 4.69) is 0 Å². The van der Waals surface area contributed by atoms with Crippen molar-refractivity contribution in [2.45, 2.75) is 24.2 Å². The van der Waals surface area contributed by atoms with Crippen LogP contribution in [0.4, 0.5) is 8.78 Å². The molecule has 2 heterocycles. The van der Waals surface area contributed by atoms with Crippen molar-refractivity contribution in [3.63, 3.8) is 0 Å². The minimum atomic E-state index is -1.54. The number of carbonyl (C=O) groups excluding carboxylic acids is 1. The van der Waals surface area contributed by atoms with E-state index in [1.165, 1.54) is 22.7 Å². The standard InChI is InChI=1S/C25H20F2OS2/c26-23(19-13-7-15-29-19)21(17-9-3-1-4-10-17)25(28)22(18-11-5-2-6-12-18)24(27)20-14-8-16-30-20/h1-16,21-24H. The lowest BCUT2D eigenvalue weighted by Gasteiger charge is -2.27. The van der Waals surface area contributed by atoms with Gasteiger partial charge in [-0.15, -0.1) is 22.7 Å². The number of Topliss-reactive ketones (excluding diaryl/α,β-unsaturated/α-hetero) is 1. The minimum Gasteiger partial charge on any atom is -0.298 e. The van der Waals surface area contributed by atoms with Crippen LogP contribution in [0, 0.1) is 0 Å². The fraction of sp³-hybridized carbons (Fsp3) is 0.160. The summed E-state index contributed by atoms with van der Waals surface area (Å²) in [6.07, 6.45) is -3.08. The predicted molar refractivity (Wildman–Crippen MR) is 120 cm³/mol. The van der Waals surface area contributed by atoms with Crippen LogP contribution in [0.2, 0.25) is 0 Å². The summed E-state index contributed by atoms with van der Waals surface area (Å²) in [5, 5.41) is 3.57. The molecule has 1 nitrogen and oxygen atoms in total. The molecule has 0 saturated heterocycles. The van der Waals surface area contributed by atoms with Gasteiger partial charge in [0.15, 0.2) is 5.78 Å². The van der Waals surface area contributed by atoms with Gasteiger partial charge in [0.05, 0.1) is 11.8 Å². The van der Waals surface area contributed by atoms with Crippen molar-refractivity contribution in [1.82, 2.24) is 0 Å². The van der Waals surface area contributed by atoms with E-state index in [-0.39, 0.29) is 0 Å². The molecule has 2 aromatic heterocycles. The van der Waals surface area contributed by atoms with Crippen LogP contribution >= 0.6 is 22.7 Å². The second-order valence-corrected chi connectivity index (χ2v) is 8.97. The summed E-state index contributed by atoms with van der Waals surface area (Å²) in [7, 11) is 0. The van der Waals surface area contributed by atoms with Crippen molar-refractivity contribution in [1.29, 1.82) is 0 Å². The number of carbonyl (C=O) groups is 1. The van der Waals surface area contributed by atoms with Gasteiger partial charge in [-0.2, -0.15) is 0 Å². The van der Waals surface area contributed by atoms with Crippen molar-refractivity contribution < 1.29 is 13.6 Å². The fourth-order valence-electron chi connectivity index (χ4n) is 3.69. The molecule has 0 amide bonds. The van der Waals surface area contributed by atoms with Crippen molar-refractivity contribution in [2.24, 2.45) is 0 Å². The summed E-state index contributed by atoms with van der Waals surface area (Å²) in [5.74, 6) is -2.63. The zero-order chi connectivity index (χ0) is 20.9. The zero-order valence-electron chi connectivity index (χ0n) is 16.0. The number of alkyl halides is 2. The van der Waals surface area contributed by atoms with Crippen molar-refractivity contribution in [3.05, 3.63) is 117 Å². The van der Waals surface area contributed by atoms with Crippen molar-refractivity contribution in [2.75, 3.05) is 0 Å². The molecule has 4 rings (SSSR count). The third-order valence-corrected chi connectivity index (χ3v) is 7.00. The van der Waals surface area contributed by atoms with Crippen LogP contribution in [-0.4, -0.2) is 5.78 Å². The molecular weight excluding hydrogens is 418 g/mol. The van der Waals surface area contributed by atoms with Gasteiger partial charge in [-0.25, -0.2) is 8.78 Å². The van der Waals surface area contributed by atoms with Gasteiger partial charge in [-0.3, -0.25) is 4.79 Å². The highest BCUT2D eigenvalue weighted by Gasteiger charge is 2.41. The molecule has 0 radical (unpaired) electrons. The lowest BCUT2D eigenvalue weighted by molar-refractivity contribution is -0.125. The summed E-state index contributed by atoms with van der Waals surface area (Å²) in [6.45, 7) is 0. The molecule has 30 heavy (non-hydrogen) atoms. The van der Waals surface area contributed by atoms with E-state index in [1.54, 1.807) is 83.6 Å². The monoisotopic (exact) mass is 438 g/mol. The van der Waals surface area contributed by atoms with E-state index in [9.17, 15) is 4.79 Å². The maximum Gasteiger partial charge on any atom is 0.154 e. The Morgan fingerprint density at radius 3 is 1.33 bits per heavy atom. The van der Waals surface area contributed by atoms with Crippen LogP contribution in [0.25, 0.3) is 0 Å². The van der Waals surface area contributed by atoms with Gasteiger partial charge in [0.25, 0.3) is 0 Å². The molecule has 0 bridgehead atoms. The minimum absolute atomic E-state index is 0.450. The number of hydrogen-bond acceptors (Lipinski definition) is 3. The highest BCUT2D eigenvalue weighted by molar-refractivity contribution is 7.10. The zero-order valence-corrected chi connectivity index (χ0v) is 17.7. The Morgan fingerprint density at radius 2 is 1.00 bits per heavy atom. The molecule has 0 aliphatic rings. The molecule has 2 aromatic carbocycles. The molecule has 0 aliphatic heterocycles. The molecule has 0 N–H and O–H groups in total. The fourth-order valence-corrected chi connectivity index (χ4v) is 5.17. The molecule has 0 fully saturated rings. The Labute approximate surface area is 182 Å². The third-order valence-electron chi connectivity index (χ3n) is 5.15. The van der Waals surface area contributed by atoms with Crippen LogP contribution in [0.5, 0.6) is 0 Å². The lowest BCUT2D eigenvalue weighted by atomic mass is 9.78. The first-order valence-electron chi connectivity index (χ1n) is 9.65. The highest BCUT2D eigenvalue weighted by Crippen LogP contribution is 2.45. The van der Waals surface area contributed by atoms with E-state index in [0.717, 1.165) is 0 Å². The number of ketones is 1. The third kappa shape index (κ3) is 4.27.